The largest absolute Gasteiger partial charge is 0.480 e. The first-order chi connectivity index (χ1) is 3.55. The van der Waals surface area contributed by atoms with Gasteiger partial charge in [0.25, 0.3) is 0 Å². The molecule has 9 heavy (non-hydrogen) atoms. The summed E-state index contributed by atoms with van der Waals surface area (Å²) in [7, 11) is 0. The molecule has 0 aromatic heterocycles. The van der Waals surface area contributed by atoms with Crippen LogP contribution < -0.4 is 5.73 Å². The van der Waals surface area contributed by atoms with Crippen LogP contribution in [0.5, 0.6) is 0 Å². The Hall–Kier alpha value is 0.299. The minimum atomic E-state index is -1.01. The van der Waals surface area contributed by atoms with Gasteiger partial charge in [0.1, 0.15) is 6.04 Å². The van der Waals surface area contributed by atoms with E-state index in [1.54, 1.807) is 6.92 Å². The van der Waals surface area contributed by atoms with E-state index >= 15 is 0 Å². The number of hydrogen-bond acceptors (Lipinski definition) is 3. The monoisotopic (exact) mass is 198 g/mol. The number of carboxylic acid groups (broad SMARTS) is 1. The molecule has 0 aliphatic heterocycles. The van der Waals surface area contributed by atoms with Gasteiger partial charge in [0.15, 0.2) is 0 Å². The molecule has 0 aromatic rings. The Morgan fingerprint density at radius 2 is 2.11 bits per heavy atom. The molecule has 3 nitrogen and oxygen atoms in total. The van der Waals surface area contributed by atoms with Crippen LogP contribution in [0.3, 0.4) is 0 Å². The van der Waals surface area contributed by atoms with Gasteiger partial charge in [-0.1, -0.05) is 6.92 Å². The van der Waals surface area contributed by atoms with Crippen molar-refractivity contribution in [3.8, 4) is 0 Å². The van der Waals surface area contributed by atoms with Crippen molar-refractivity contribution in [3.63, 3.8) is 0 Å². The Balaban J connectivity index is 0. The second kappa shape index (κ2) is 5.11. The third kappa shape index (κ3) is 4.78. The molecule has 0 aliphatic carbocycles. The maximum absolute atomic E-state index is 9.97. The van der Waals surface area contributed by atoms with Crippen molar-refractivity contribution >= 4 is 18.6 Å². The Morgan fingerprint density at radius 3 is 2.11 bits per heavy atom. The molecular formula is C4H9CuNO2S. The first-order valence-electron chi connectivity index (χ1n) is 2.22. The van der Waals surface area contributed by atoms with E-state index in [1.807, 2.05) is 0 Å². The van der Waals surface area contributed by atoms with Gasteiger partial charge >= 0.3 is 5.97 Å². The maximum atomic E-state index is 9.97. The van der Waals surface area contributed by atoms with Gasteiger partial charge in [-0.3, -0.25) is 4.79 Å². The zero-order valence-corrected chi connectivity index (χ0v) is 6.67. The van der Waals surface area contributed by atoms with Crippen LogP contribution in [0.2, 0.25) is 0 Å². The summed E-state index contributed by atoms with van der Waals surface area (Å²) in [5.41, 5.74) is 5.08. The molecule has 0 fully saturated rings. The van der Waals surface area contributed by atoms with E-state index in [0.29, 0.717) is 0 Å². The summed E-state index contributed by atoms with van der Waals surface area (Å²) in [5, 5.41) is 7.89. The average Bonchev–Trinajstić information content (AvgIpc) is 1.64. The van der Waals surface area contributed by atoms with Gasteiger partial charge in [0.05, 0.1) is 0 Å². The van der Waals surface area contributed by atoms with E-state index in [9.17, 15) is 4.79 Å². The van der Waals surface area contributed by atoms with E-state index in [4.69, 9.17) is 10.8 Å². The van der Waals surface area contributed by atoms with Crippen LogP contribution >= 0.6 is 12.6 Å². The van der Waals surface area contributed by atoms with E-state index in [1.165, 1.54) is 0 Å². The molecule has 0 spiro atoms. The number of carbonyl (C=O) groups is 1. The molecule has 2 atom stereocenters. The molecule has 2 unspecified atom stereocenters. The molecule has 0 rings (SSSR count). The minimum absolute atomic E-state index is 0. The molecule has 5 heteroatoms. The van der Waals surface area contributed by atoms with Gasteiger partial charge in [0.2, 0.25) is 0 Å². The molecule has 3 N–H and O–H groups in total. The summed E-state index contributed by atoms with van der Waals surface area (Å²) in [5.74, 6) is -1.01. The number of carboxylic acids is 1. The van der Waals surface area contributed by atoms with Crippen LogP contribution in [-0.2, 0) is 21.9 Å². The van der Waals surface area contributed by atoms with E-state index in [0.717, 1.165) is 0 Å². The third-order valence-corrected chi connectivity index (χ3v) is 1.13. The molecule has 0 aromatic carbocycles. The SMILES string of the molecule is CC(S)C(N)C(=O)O.[Cu]. The smallest absolute Gasteiger partial charge is 0.321 e. The summed E-state index contributed by atoms with van der Waals surface area (Å²) in [6.07, 6.45) is 0. The van der Waals surface area contributed by atoms with E-state index in [-0.39, 0.29) is 22.3 Å². The molecule has 0 saturated carbocycles. The Bertz CT molecular complexity index is 98.6. The number of hydrogen-bond donors (Lipinski definition) is 3. The van der Waals surface area contributed by atoms with Crippen LogP contribution in [0.1, 0.15) is 6.92 Å². The zero-order chi connectivity index (χ0) is 6.73. The second-order valence-corrected chi connectivity index (χ2v) is 2.42. The molecular weight excluding hydrogens is 190 g/mol. The maximum Gasteiger partial charge on any atom is 0.321 e. The summed E-state index contributed by atoms with van der Waals surface area (Å²) < 4.78 is 0. The van der Waals surface area contributed by atoms with Gasteiger partial charge in [-0.25, -0.2) is 0 Å². The van der Waals surface area contributed by atoms with E-state index in [2.05, 4.69) is 12.6 Å². The molecule has 0 heterocycles. The van der Waals surface area contributed by atoms with Gasteiger partial charge in [-0.2, -0.15) is 12.6 Å². The van der Waals surface area contributed by atoms with Crippen molar-refractivity contribution in [3.05, 3.63) is 0 Å². The van der Waals surface area contributed by atoms with Gasteiger partial charge < -0.3 is 10.8 Å². The predicted molar refractivity (Wildman–Crippen MR) is 34.1 cm³/mol. The number of aliphatic carboxylic acids is 1. The minimum Gasteiger partial charge on any atom is -0.480 e. The first kappa shape index (κ1) is 12.0. The van der Waals surface area contributed by atoms with Crippen molar-refractivity contribution in [1.82, 2.24) is 0 Å². The summed E-state index contributed by atoms with van der Waals surface area (Å²) in [6, 6.07) is -0.849. The fraction of sp³-hybridized carbons (Fsp3) is 0.750. The summed E-state index contributed by atoms with van der Waals surface area (Å²) in [4.78, 5) is 9.97. The van der Waals surface area contributed by atoms with Gasteiger partial charge in [-0.05, 0) is 0 Å². The topological polar surface area (TPSA) is 63.3 Å². The van der Waals surface area contributed by atoms with Crippen molar-refractivity contribution < 1.29 is 27.0 Å². The number of nitrogens with two attached hydrogens (primary N) is 1. The standard InChI is InChI=1S/C4H9NO2S.Cu/c1-2(8)3(5)4(6)7;/h2-3,8H,5H2,1H3,(H,6,7);. The summed E-state index contributed by atoms with van der Waals surface area (Å²) >= 11 is 3.83. The predicted octanol–water partition coefficient (Wildman–Crippen LogP) is -0.286. The van der Waals surface area contributed by atoms with Gasteiger partial charge in [0, 0.05) is 22.3 Å². The van der Waals surface area contributed by atoms with Crippen molar-refractivity contribution in [2.75, 3.05) is 0 Å². The van der Waals surface area contributed by atoms with Crippen LogP contribution in [0, 0.1) is 0 Å². The Kier molecular flexibility index (Phi) is 6.83. The van der Waals surface area contributed by atoms with Crippen molar-refractivity contribution in [1.29, 1.82) is 0 Å². The van der Waals surface area contributed by atoms with Crippen LogP contribution in [0.4, 0.5) is 0 Å². The normalized spacial score (nSPS) is 15.4. The van der Waals surface area contributed by atoms with Crippen LogP contribution in [-0.4, -0.2) is 22.4 Å². The fourth-order valence-electron chi connectivity index (χ4n) is 0.206. The summed E-state index contributed by atoms with van der Waals surface area (Å²) in [6.45, 7) is 1.64. The molecule has 0 bridgehead atoms. The molecule has 0 aliphatic rings. The third-order valence-electron chi connectivity index (χ3n) is 0.805. The Morgan fingerprint density at radius 1 is 1.78 bits per heavy atom. The van der Waals surface area contributed by atoms with Crippen molar-refractivity contribution in [2.45, 2.75) is 18.2 Å². The molecule has 1 radical (unpaired) electrons. The fourth-order valence-corrected chi connectivity index (χ4v) is 0.334. The van der Waals surface area contributed by atoms with E-state index < -0.39 is 12.0 Å². The second-order valence-electron chi connectivity index (χ2n) is 1.60. The number of thiol groups is 1. The van der Waals surface area contributed by atoms with Crippen LogP contribution in [0.15, 0.2) is 0 Å². The zero-order valence-electron chi connectivity index (χ0n) is 4.84. The Labute approximate surface area is 69.9 Å². The first-order valence-corrected chi connectivity index (χ1v) is 2.74. The average molecular weight is 199 g/mol. The quantitative estimate of drug-likeness (QED) is 0.422. The van der Waals surface area contributed by atoms with Crippen molar-refractivity contribution in [2.24, 2.45) is 5.73 Å². The molecule has 0 amide bonds. The molecule has 59 valence electrons. The number of rotatable bonds is 2. The van der Waals surface area contributed by atoms with Gasteiger partial charge in [-0.15, -0.1) is 0 Å². The molecule has 0 saturated heterocycles. The van der Waals surface area contributed by atoms with Crippen LogP contribution in [0.25, 0.3) is 0 Å².